The molecular formula is C25H22F4N6O2S. The van der Waals surface area contributed by atoms with Crippen LogP contribution in [0, 0.1) is 5.82 Å². The minimum absolute atomic E-state index is 0.0494. The van der Waals surface area contributed by atoms with Crippen LogP contribution >= 0.6 is 0 Å². The summed E-state index contributed by atoms with van der Waals surface area (Å²) in [5.41, 5.74) is 0.138. The molecule has 0 radical (unpaired) electrons. The fraction of sp³-hybridized carbons (Fsp3) is 0.320. The number of ether oxygens (including phenoxy) is 1. The van der Waals surface area contributed by atoms with Gasteiger partial charge in [0.15, 0.2) is 10.7 Å². The van der Waals surface area contributed by atoms with E-state index >= 15 is 0 Å². The summed E-state index contributed by atoms with van der Waals surface area (Å²) in [6, 6.07) is 5.61. The van der Waals surface area contributed by atoms with Gasteiger partial charge in [0.25, 0.3) is 0 Å². The van der Waals surface area contributed by atoms with Crippen LogP contribution in [0.15, 0.2) is 52.4 Å². The average Bonchev–Trinajstić information content (AvgIpc) is 3.56. The van der Waals surface area contributed by atoms with Gasteiger partial charge < -0.3 is 10.1 Å². The Morgan fingerprint density at radius 2 is 1.97 bits per heavy atom. The van der Waals surface area contributed by atoms with Crippen molar-refractivity contribution in [1.82, 2.24) is 19.4 Å². The molecule has 3 aromatic heterocycles. The Balaban J connectivity index is 1.52. The summed E-state index contributed by atoms with van der Waals surface area (Å²) < 4.78 is 81.5. The van der Waals surface area contributed by atoms with E-state index in [1.165, 1.54) is 35.1 Å². The summed E-state index contributed by atoms with van der Waals surface area (Å²) >= 11 is 0. The third kappa shape index (κ3) is 4.14. The third-order valence-corrected chi connectivity index (χ3v) is 9.04. The minimum atomic E-state index is -4.73. The Bertz CT molecular complexity index is 1680. The molecule has 198 valence electrons. The first-order valence-corrected chi connectivity index (χ1v) is 13.7. The van der Waals surface area contributed by atoms with Crippen LogP contribution in [0.25, 0.3) is 16.6 Å². The second-order valence-electron chi connectivity index (χ2n) is 9.02. The van der Waals surface area contributed by atoms with Gasteiger partial charge in [0, 0.05) is 59.9 Å². The van der Waals surface area contributed by atoms with E-state index in [2.05, 4.69) is 24.6 Å². The van der Waals surface area contributed by atoms with Gasteiger partial charge in [-0.1, -0.05) is 6.07 Å². The van der Waals surface area contributed by atoms with Gasteiger partial charge in [-0.15, -0.1) is 0 Å². The SMILES string of the molecule is O=S1(c2ncn3c(NCc4c(F)ccc5c4CCO5)ncc(-c4cccnc4C(F)(F)F)c23)=NCCCC1. The van der Waals surface area contributed by atoms with Crippen molar-refractivity contribution >= 4 is 21.2 Å². The minimum Gasteiger partial charge on any atom is -0.493 e. The predicted octanol–water partition coefficient (Wildman–Crippen LogP) is 5.12. The molecule has 0 bridgehead atoms. The Morgan fingerprint density at radius 1 is 1.11 bits per heavy atom. The zero-order chi connectivity index (χ0) is 26.5. The maximum Gasteiger partial charge on any atom is 0.433 e. The van der Waals surface area contributed by atoms with Crippen LogP contribution in [0.1, 0.15) is 29.7 Å². The Labute approximate surface area is 215 Å². The van der Waals surface area contributed by atoms with Crippen molar-refractivity contribution < 1.29 is 26.5 Å². The molecule has 0 saturated heterocycles. The van der Waals surface area contributed by atoms with E-state index in [-0.39, 0.29) is 39.9 Å². The zero-order valence-electron chi connectivity index (χ0n) is 20.0. The number of hydrogen-bond donors (Lipinski definition) is 1. The van der Waals surface area contributed by atoms with E-state index in [0.717, 1.165) is 18.2 Å². The lowest BCUT2D eigenvalue weighted by Gasteiger charge is -2.17. The fourth-order valence-corrected chi connectivity index (χ4v) is 7.10. The van der Waals surface area contributed by atoms with Gasteiger partial charge in [-0.3, -0.25) is 9.38 Å². The van der Waals surface area contributed by atoms with Gasteiger partial charge >= 0.3 is 6.18 Å². The van der Waals surface area contributed by atoms with E-state index < -0.39 is 27.4 Å². The van der Waals surface area contributed by atoms with Gasteiger partial charge in [0.1, 0.15) is 17.9 Å². The molecule has 1 unspecified atom stereocenters. The molecule has 13 heteroatoms. The highest BCUT2D eigenvalue weighted by Crippen LogP contribution is 2.39. The molecule has 6 rings (SSSR count). The third-order valence-electron chi connectivity index (χ3n) is 6.69. The number of pyridine rings is 1. The van der Waals surface area contributed by atoms with Crippen LogP contribution < -0.4 is 10.1 Å². The molecule has 38 heavy (non-hydrogen) atoms. The molecule has 2 aliphatic rings. The molecule has 0 aliphatic carbocycles. The summed E-state index contributed by atoms with van der Waals surface area (Å²) in [7, 11) is -2.97. The first-order chi connectivity index (χ1) is 18.3. The topological polar surface area (TPSA) is 93.8 Å². The van der Waals surface area contributed by atoms with E-state index in [4.69, 9.17) is 4.74 Å². The number of fused-ring (bicyclic) bond motifs is 2. The lowest BCUT2D eigenvalue weighted by Crippen LogP contribution is -2.15. The van der Waals surface area contributed by atoms with E-state index in [9.17, 15) is 21.8 Å². The monoisotopic (exact) mass is 546 g/mol. The lowest BCUT2D eigenvalue weighted by molar-refractivity contribution is -0.140. The number of aromatic nitrogens is 4. The Hall–Kier alpha value is -3.74. The van der Waals surface area contributed by atoms with Crippen molar-refractivity contribution in [3.8, 4) is 16.9 Å². The van der Waals surface area contributed by atoms with Crippen molar-refractivity contribution in [2.24, 2.45) is 4.36 Å². The molecule has 4 aromatic rings. The van der Waals surface area contributed by atoms with Gasteiger partial charge in [-0.25, -0.2) is 22.9 Å². The van der Waals surface area contributed by atoms with E-state index in [0.29, 0.717) is 37.3 Å². The van der Waals surface area contributed by atoms with E-state index in [1.807, 2.05) is 0 Å². The number of anilines is 1. The van der Waals surface area contributed by atoms with Crippen LogP contribution in [-0.4, -0.2) is 42.5 Å². The van der Waals surface area contributed by atoms with Crippen molar-refractivity contribution in [2.75, 3.05) is 24.2 Å². The van der Waals surface area contributed by atoms with E-state index in [1.54, 1.807) is 6.07 Å². The van der Waals surface area contributed by atoms with Crippen molar-refractivity contribution in [3.05, 3.63) is 65.6 Å². The largest absolute Gasteiger partial charge is 0.493 e. The summed E-state index contributed by atoms with van der Waals surface area (Å²) in [6.07, 6.45) is 0.975. The Kier molecular flexibility index (Phi) is 5.97. The fourth-order valence-electron chi connectivity index (χ4n) is 4.91. The number of nitrogens with zero attached hydrogens (tertiary/aromatic N) is 5. The predicted molar refractivity (Wildman–Crippen MR) is 132 cm³/mol. The van der Waals surface area contributed by atoms with Crippen molar-refractivity contribution in [1.29, 1.82) is 0 Å². The number of rotatable bonds is 5. The summed E-state index contributed by atoms with van der Waals surface area (Å²) in [5.74, 6) is 0.670. The molecule has 8 nitrogen and oxygen atoms in total. The van der Waals surface area contributed by atoms with Crippen molar-refractivity contribution in [2.45, 2.75) is 37.0 Å². The number of benzene rings is 1. The first kappa shape index (κ1) is 24.6. The summed E-state index contributed by atoms with van der Waals surface area (Å²) in [4.78, 5) is 12.3. The second kappa shape index (κ2) is 9.22. The average molecular weight is 547 g/mol. The smallest absolute Gasteiger partial charge is 0.433 e. The lowest BCUT2D eigenvalue weighted by atomic mass is 10.0. The summed E-state index contributed by atoms with van der Waals surface area (Å²) in [6.45, 7) is 0.886. The summed E-state index contributed by atoms with van der Waals surface area (Å²) in [5, 5.41) is 3.19. The van der Waals surface area contributed by atoms with Crippen LogP contribution in [0.5, 0.6) is 5.75 Å². The molecule has 1 atom stereocenters. The highest BCUT2D eigenvalue weighted by atomic mass is 32.2. The molecule has 0 saturated carbocycles. The normalized spacial score (nSPS) is 19.2. The molecule has 1 N–H and O–H groups in total. The Morgan fingerprint density at radius 3 is 2.76 bits per heavy atom. The maximum atomic E-state index is 14.7. The van der Waals surface area contributed by atoms with Gasteiger partial charge in [-0.05, 0) is 31.0 Å². The number of imidazole rings is 1. The number of nitrogens with one attached hydrogen (secondary N) is 1. The van der Waals surface area contributed by atoms with Crippen molar-refractivity contribution in [3.63, 3.8) is 0 Å². The molecule has 0 amide bonds. The van der Waals surface area contributed by atoms with Crippen LogP contribution in [0.2, 0.25) is 0 Å². The molecule has 1 aromatic carbocycles. The van der Waals surface area contributed by atoms with Gasteiger partial charge in [0.05, 0.1) is 21.9 Å². The second-order valence-corrected chi connectivity index (χ2v) is 11.4. The van der Waals surface area contributed by atoms with Gasteiger partial charge in [-0.2, -0.15) is 13.2 Å². The maximum absolute atomic E-state index is 14.7. The highest BCUT2D eigenvalue weighted by molar-refractivity contribution is 7.93. The highest BCUT2D eigenvalue weighted by Gasteiger charge is 2.37. The van der Waals surface area contributed by atoms with Gasteiger partial charge in [0.2, 0.25) is 5.95 Å². The molecular weight excluding hydrogens is 524 g/mol. The molecule has 0 fully saturated rings. The van der Waals surface area contributed by atoms with Crippen LogP contribution in [0.4, 0.5) is 23.5 Å². The number of alkyl halides is 3. The number of halogens is 4. The van der Waals surface area contributed by atoms with Crippen LogP contribution in [-0.2, 0) is 28.9 Å². The zero-order valence-corrected chi connectivity index (χ0v) is 20.8. The number of hydrogen-bond acceptors (Lipinski definition) is 7. The standard InChI is InChI=1S/C25H22F4N6O2S/c26-19-5-6-20-15(7-10-37-20)17(19)12-31-24-32-13-18(16-4-3-8-30-22(16)25(27,28)29)21-23(33-14-35(21)24)38(36)11-2-1-9-34-38/h3-6,8,13-14H,1-2,7,9-12H2,(H,31,32). The quantitative estimate of drug-likeness (QED) is 0.350. The molecule has 0 spiro atoms. The molecule has 5 heterocycles. The molecule has 2 aliphatic heterocycles. The first-order valence-electron chi connectivity index (χ1n) is 12.0. The van der Waals surface area contributed by atoms with Crippen LogP contribution in [0.3, 0.4) is 0 Å².